The molecule has 0 bridgehead atoms. The summed E-state index contributed by atoms with van der Waals surface area (Å²) in [7, 11) is 0. The minimum absolute atomic E-state index is 0.294. The quantitative estimate of drug-likeness (QED) is 0.729. The second-order valence-corrected chi connectivity index (χ2v) is 2.94. The van der Waals surface area contributed by atoms with Crippen molar-refractivity contribution in [1.82, 2.24) is 0 Å². The highest BCUT2D eigenvalue weighted by Crippen LogP contribution is 2.21. The van der Waals surface area contributed by atoms with Gasteiger partial charge in [-0.2, -0.15) is 0 Å². The number of hydrogen-bond donors (Lipinski definition) is 1. The summed E-state index contributed by atoms with van der Waals surface area (Å²) in [6, 6.07) is 5.66. The van der Waals surface area contributed by atoms with Gasteiger partial charge in [0.25, 0.3) is 0 Å². The first kappa shape index (κ1) is 9.07. The smallest absolute Gasteiger partial charge is 0.139 e. The highest BCUT2D eigenvalue weighted by molar-refractivity contribution is 6.33. The number of halogens is 1. The van der Waals surface area contributed by atoms with Crippen LogP contribution >= 0.6 is 11.6 Å². The van der Waals surface area contributed by atoms with Crippen molar-refractivity contribution < 1.29 is 4.79 Å². The number of nitrogens with one attached hydrogen (secondary N) is 1. The molecule has 1 N–H and O–H groups in total. The summed E-state index contributed by atoms with van der Waals surface area (Å²) in [6.45, 7) is 2.26. The predicted molar refractivity (Wildman–Crippen MR) is 50.7 cm³/mol. The van der Waals surface area contributed by atoms with Crippen molar-refractivity contribution in [1.29, 1.82) is 0 Å². The van der Waals surface area contributed by atoms with Crippen LogP contribution in [0.3, 0.4) is 0 Å². The Bertz CT molecular complexity index is 286. The van der Waals surface area contributed by atoms with Gasteiger partial charge in [-0.3, -0.25) is 0 Å². The molecule has 64 valence electrons. The van der Waals surface area contributed by atoms with E-state index in [1.807, 2.05) is 25.1 Å². The van der Waals surface area contributed by atoms with E-state index in [4.69, 9.17) is 11.6 Å². The minimum Gasteiger partial charge on any atom is -0.377 e. The zero-order valence-corrected chi connectivity index (χ0v) is 7.56. The maximum Gasteiger partial charge on any atom is 0.139 e. The predicted octanol–water partition coefficient (Wildman–Crippen LogP) is 2.26. The van der Waals surface area contributed by atoms with E-state index in [2.05, 4.69) is 5.32 Å². The molecule has 0 heterocycles. The number of aryl methyl sites for hydroxylation is 1. The zero-order chi connectivity index (χ0) is 8.97. The highest BCUT2D eigenvalue weighted by atomic mass is 35.5. The SMILES string of the molecule is Cc1ccc(NCC=O)c(Cl)c1. The Balaban J connectivity index is 2.78. The van der Waals surface area contributed by atoms with Crippen molar-refractivity contribution in [3.63, 3.8) is 0 Å². The third-order valence-corrected chi connectivity index (χ3v) is 1.81. The van der Waals surface area contributed by atoms with Crippen LogP contribution in [0.1, 0.15) is 5.56 Å². The third-order valence-electron chi connectivity index (χ3n) is 1.50. The maximum absolute atomic E-state index is 10.1. The van der Waals surface area contributed by atoms with Gasteiger partial charge >= 0.3 is 0 Å². The molecule has 1 aromatic rings. The number of carbonyl (C=O) groups excluding carboxylic acids is 1. The molecule has 0 unspecified atom stereocenters. The zero-order valence-electron chi connectivity index (χ0n) is 6.80. The summed E-state index contributed by atoms with van der Waals surface area (Å²) in [5, 5.41) is 3.54. The molecule has 2 nitrogen and oxygen atoms in total. The van der Waals surface area contributed by atoms with E-state index in [0.29, 0.717) is 11.6 Å². The third kappa shape index (κ3) is 2.24. The Morgan fingerprint density at radius 1 is 1.58 bits per heavy atom. The molecule has 0 aliphatic heterocycles. The molecule has 0 spiro atoms. The second-order valence-electron chi connectivity index (χ2n) is 2.53. The minimum atomic E-state index is 0.294. The molecule has 1 aromatic carbocycles. The number of hydrogen-bond acceptors (Lipinski definition) is 2. The molecule has 0 saturated heterocycles. The van der Waals surface area contributed by atoms with Gasteiger partial charge < -0.3 is 10.1 Å². The molecule has 0 aliphatic rings. The van der Waals surface area contributed by atoms with Gasteiger partial charge in [-0.05, 0) is 24.6 Å². The van der Waals surface area contributed by atoms with Crippen LogP contribution in [0.2, 0.25) is 5.02 Å². The Hall–Kier alpha value is -1.02. The number of rotatable bonds is 3. The molecule has 0 radical (unpaired) electrons. The van der Waals surface area contributed by atoms with E-state index in [1.54, 1.807) is 0 Å². The topological polar surface area (TPSA) is 29.1 Å². The van der Waals surface area contributed by atoms with Crippen molar-refractivity contribution in [2.75, 3.05) is 11.9 Å². The van der Waals surface area contributed by atoms with E-state index >= 15 is 0 Å². The standard InChI is InChI=1S/C9H10ClNO/c1-7-2-3-9(8(10)6-7)11-4-5-12/h2-3,5-6,11H,4H2,1H3. The van der Waals surface area contributed by atoms with Crippen molar-refractivity contribution in [2.45, 2.75) is 6.92 Å². The lowest BCUT2D eigenvalue weighted by Crippen LogP contribution is -2.02. The Morgan fingerprint density at radius 3 is 2.92 bits per heavy atom. The van der Waals surface area contributed by atoms with Gasteiger partial charge in [0.2, 0.25) is 0 Å². The normalized spacial score (nSPS) is 9.50. The lowest BCUT2D eigenvalue weighted by Gasteiger charge is -2.04. The summed E-state index contributed by atoms with van der Waals surface area (Å²) in [5.41, 5.74) is 1.91. The number of carbonyl (C=O) groups is 1. The molecule has 1 rings (SSSR count). The van der Waals surface area contributed by atoms with E-state index in [9.17, 15) is 4.79 Å². The van der Waals surface area contributed by atoms with Crippen LogP contribution in [0.4, 0.5) is 5.69 Å². The average Bonchev–Trinajstić information content (AvgIpc) is 2.03. The van der Waals surface area contributed by atoms with Gasteiger partial charge in [0.05, 0.1) is 17.3 Å². The van der Waals surface area contributed by atoms with Gasteiger partial charge in [0.15, 0.2) is 0 Å². The number of anilines is 1. The van der Waals surface area contributed by atoms with Gasteiger partial charge in [-0.15, -0.1) is 0 Å². The first-order valence-electron chi connectivity index (χ1n) is 3.67. The van der Waals surface area contributed by atoms with E-state index < -0.39 is 0 Å². The maximum atomic E-state index is 10.1. The summed E-state index contributed by atoms with van der Waals surface area (Å²) >= 11 is 5.89. The van der Waals surface area contributed by atoms with Crippen LogP contribution in [0, 0.1) is 6.92 Å². The molecular weight excluding hydrogens is 174 g/mol. The van der Waals surface area contributed by atoms with Gasteiger partial charge in [0, 0.05) is 0 Å². The fourth-order valence-electron chi connectivity index (χ4n) is 0.915. The lowest BCUT2D eigenvalue weighted by molar-refractivity contribution is -0.106. The summed E-state index contributed by atoms with van der Waals surface area (Å²) in [5.74, 6) is 0. The fourth-order valence-corrected chi connectivity index (χ4v) is 1.22. The van der Waals surface area contributed by atoms with Crippen molar-refractivity contribution >= 4 is 23.6 Å². The first-order chi connectivity index (χ1) is 5.74. The van der Waals surface area contributed by atoms with E-state index in [-0.39, 0.29) is 0 Å². The monoisotopic (exact) mass is 183 g/mol. The van der Waals surface area contributed by atoms with Gasteiger partial charge in [-0.25, -0.2) is 0 Å². The average molecular weight is 184 g/mol. The van der Waals surface area contributed by atoms with Crippen molar-refractivity contribution in [3.8, 4) is 0 Å². The highest BCUT2D eigenvalue weighted by Gasteiger charge is 1.97. The fraction of sp³-hybridized carbons (Fsp3) is 0.222. The first-order valence-corrected chi connectivity index (χ1v) is 4.05. The van der Waals surface area contributed by atoms with Crippen LogP contribution in [-0.2, 0) is 4.79 Å². The van der Waals surface area contributed by atoms with Crippen LogP contribution in [-0.4, -0.2) is 12.8 Å². The van der Waals surface area contributed by atoms with E-state index in [1.165, 1.54) is 0 Å². The summed E-state index contributed by atoms with van der Waals surface area (Å²) in [4.78, 5) is 10.1. The molecule has 0 amide bonds. The van der Waals surface area contributed by atoms with Crippen molar-refractivity contribution in [3.05, 3.63) is 28.8 Å². The Morgan fingerprint density at radius 2 is 2.33 bits per heavy atom. The molecule has 0 aromatic heterocycles. The van der Waals surface area contributed by atoms with Gasteiger partial charge in [0.1, 0.15) is 6.29 Å². The molecule has 3 heteroatoms. The van der Waals surface area contributed by atoms with E-state index in [0.717, 1.165) is 17.5 Å². The van der Waals surface area contributed by atoms with Crippen molar-refractivity contribution in [2.24, 2.45) is 0 Å². The lowest BCUT2D eigenvalue weighted by atomic mass is 10.2. The molecule has 0 saturated carbocycles. The van der Waals surface area contributed by atoms with Crippen LogP contribution in [0.25, 0.3) is 0 Å². The van der Waals surface area contributed by atoms with Crippen LogP contribution in [0.15, 0.2) is 18.2 Å². The molecular formula is C9H10ClNO. The van der Waals surface area contributed by atoms with Crippen LogP contribution in [0.5, 0.6) is 0 Å². The molecule has 0 fully saturated rings. The summed E-state index contributed by atoms with van der Waals surface area (Å²) < 4.78 is 0. The molecule has 12 heavy (non-hydrogen) atoms. The molecule has 0 atom stereocenters. The second kappa shape index (κ2) is 4.12. The van der Waals surface area contributed by atoms with Crippen LogP contribution < -0.4 is 5.32 Å². The summed E-state index contributed by atoms with van der Waals surface area (Å²) in [6.07, 6.45) is 0.802. The number of benzene rings is 1. The largest absolute Gasteiger partial charge is 0.377 e. The Labute approximate surface area is 76.5 Å². The van der Waals surface area contributed by atoms with Gasteiger partial charge in [-0.1, -0.05) is 17.7 Å². The Kier molecular flexibility index (Phi) is 3.11. The molecule has 0 aliphatic carbocycles. The number of aldehydes is 1.